The third-order valence-electron chi connectivity index (χ3n) is 3.61. The molecule has 6 nitrogen and oxygen atoms in total. The average Bonchev–Trinajstić information content (AvgIpc) is 2.37. The quantitative estimate of drug-likeness (QED) is 0.718. The van der Waals surface area contributed by atoms with Gasteiger partial charge < -0.3 is 10.4 Å². The highest BCUT2D eigenvalue weighted by Gasteiger charge is 2.29. The lowest BCUT2D eigenvalue weighted by molar-refractivity contribution is -0.126. The van der Waals surface area contributed by atoms with Gasteiger partial charge in [0.2, 0.25) is 15.9 Å². The Balaban J connectivity index is 2.44. The lowest BCUT2D eigenvalue weighted by Gasteiger charge is -2.30. The van der Waals surface area contributed by atoms with E-state index < -0.39 is 10.0 Å². The molecule has 112 valence electrons. The topological polar surface area (TPSA) is 86.7 Å². The van der Waals surface area contributed by atoms with Crippen molar-refractivity contribution in [3.63, 3.8) is 0 Å². The standard InChI is InChI=1S/C12H24N2O4S/c1-3-11(6-9-15)13-12(16)10-4-7-14(8-5-10)19(2,17)18/h10-11,15H,3-9H2,1-2H3,(H,13,16). The van der Waals surface area contributed by atoms with Crippen molar-refractivity contribution in [1.29, 1.82) is 0 Å². The van der Waals surface area contributed by atoms with E-state index in [-0.39, 0.29) is 24.5 Å². The van der Waals surface area contributed by atoms with Gasteiger partial charge in [-0.1, -0.05) is 6.92 Å². The normalized spacial score (nSPS) is 20.2. The maximum absolute atomic E-state index is 12.0. The van der Waals surface area contributed by atoms with Crippen LogP contribution in [-0.2, 0) is 14.8 Å². The number of rotatable bonds is 6. The number of aliphatic hydroxyl groups is 1. The zero-order valence-corrected chi connectivity index (χ0v) is 12.4. The van der Waals surface area contributed by atoms with E-state index in [1.54, 1.807) is 0 Å². The Morgan fingerprint density at radius 3 is 2.42 bits per heavy atom. The van der Waals surface area contributed by atoms with Crippen LogP contribution in [0.1, 0.15) is 32.6 Å². The Bertz CT molecular complexity index is 389. The van der Waals surface area contributed by atoms with Gasteiger partial charge in [-0.05, 0) is 25.7 Å². The van der Waals surface area contributed by atoms with E-state index in [4.69, 9.17) is 5.11 Å². The molecule has 1 heterocycles. The van der Waals surface area contributed by atoms with Crippen LogP contribution in [0.25, 0.3) is 0 Å². The van der Waals surface area contributed by atoms with Gasteiger partial charge in [0.1, 0.15) is 0 Å². The number of piperidine rings is 1. The van der Waals surface area contributed by atoms with Crippen LogP contribution in [-0.4, -0.2) is 55.7 Å². The molecular formula is C12H24N2O4S. The number of nitrogens with one attached hydrogen (secondary N) is 1. The summed E-state index contributed by atoms with van der Waals surface area (Å²) in [5.41, 5.74) is 0. The van der Waals surface area contributed by atoms with Gasteiger partial charge in [-0.15, -0.1) is 0 Å². The van der Waals surface area contributed by atoms with E-state index >= 15 is 0 Å². The van der Waals surface area contributed by atoms with Gasteiger partial charge in [-0.2, -0.15) is 0 Å². The first-order chi connectivity index (χ1) is 8.88. The molecule has 7 heteroatoms. The number of amides is 1. The molecule has 1 rings (SSSR count). The lowest BCUT2D eigenvalue weighted by atomic mass is 9.96. The summed E-state index contributed by atoms with van der Waals surface area (Å²) in [6.07, 6.45) is 3.67. The molecule has 0 saturated carbocycles. The Morgan fingerprint density at radius 1 is 1.42 bits per heavy atom. The highest BCUT2D eigenvalue weighted by Crippen LogP contribution is 2.19. The van der Waals surface area contributed by atoms with Gasteiger partial charge in [-0.3, -0.25) is 4.79 Å². The molecule has 0 aromatic heterocycles. The van der Waals surface area contributed by atoms with Crippen molar-refractivity contribution in [2.24, 2.45) is 5.92 Å². The molecule has 1 amide bonds. The van der Waals surface area contributed by atoms with Crippen LogP contribution in [0.2, 0.25) is 0 Å². The van der Waals surface area contributed by atoms with E-state index in [2.05, 4.69) is 5.32 Å². The van der Waals surface area contributed by atoms with Crippen LogP contribution in [0.5, 0.6) is 0 Å². The van der Waals surface area contributed by atoms with Gasteiger partial charge in [0.05, 0.1) is 6.26 Å². The molecule has 2 N–H and O–H groups in total. The average molecular weight is 292 g/mol. The predicted molar refractivity (Wildman–Crippen MR) is 73.1 cm³/mol. The van der Waals surface area contributed by atoms with E-state index in [1.165, 1.54) is 10.6 Å². The fourth-order valence-corrected chi connectivity index (χ4v) is 3.18. The summed E-state index contributed by atoms with van der Waals surface area (Å²) in [5, 5.41) is 11.8. The summed E-state index contributed by atoms with van der Waals surface area (Å²) < 4.78 is 24.2. The van der Waals surface area contributed by atoms with Crippen LogP contribution in [0.3, 0.4) is 0 Å². The minimum absolute atomic E-state index is 0.00503. The van der Waals surface area contributed by atoms with Gasteiger partial charge >= 0.3 is 0 Å². The van der Waals surface area contributed by atoms with E-state index in [0.29, 0.717) is 32.4 Å². The molecule has 1 atom stereocenters. The van der Waals surface area contributed by atoms with E-state index in [0.717, 1.165) is 6.42 Å². The van der Waals surface area contributed by atoms with Crippen molar-refractivity contribution in [3.05, 3.63) is 0 Å². The number of carbonyl (C=O) groups is 1. The summed E-state index contributed by atoms with van der Waals surface area (Å²) >= 11 is 0. The maximum atomic E-state index is 12.0. The van der Waals surface area contributed by atoms with Gasteiger partial charge in [0.25, 0.3) is 0 Å². The number of sulfonamides is 1. The third-order valence-corrected chi connectivity index (χ3v) is 4.91. The second-order valence-electron chi connectivity index (χ2n) is 5.06. The molecule has 1 aliphatic rings. The zero-order valence-electron chi connectivity index (χ0n) is 11.6. The van der Waals surface area contributed by atoms with Crippen molar-refractivity contribution in [2.75, 3.05) is 26.0 Å². The maximum Gasteiger partial charge on any atom is 0.223 e. The summed E-state index contributed by atoms with van der Waals surface area (Å²) in [6.45, 7) is 2.85. The molecule has 19 heavy (non-hydrogen) atoms. The van der Waals surface area contributed by atoms with Crippen molar-refractivity contribution in [3.8, 4) is 0 Å². The first kappa shape index (κ1) is 16.4. The van der Waals surface area contributed by atoms with Crippen molar-refractivity contribution in [2.45, 2.75) is 38.6 Å². The monoisotopic (exact) mass is 292 g/mol. The predicted octanol–water partition coefficient (Wildman–Crippen LogP) is -0.0648. The number of carbonyl (C=O) groups excluding carboxylic acids is 1. The Kier molecular flexibility index (Phi) is 6.22. The van der Waals surface area contributed by atoms with Gasteiger partial charge in [0.15, 0.2) is 0 Å². The fraction of sp³-hybridized carbons (Fsp3) is 0.917. The van der Waals surface area contributed by atoms with Crippen LogP contribution >= 0.6 is 0 Å². The minimum Gasteiger partial charge on any atom is -0.396 e. The highest BCUT2D eigenvalue weighted by atomic mass is 32.2. The first-order valence-electron chi connectivity index (χ1n) is 6.74. The summed E-state index contributed by atoms with van der Waals surface area (Å²) in [7, 11) is -3.14. The molecule has 0 aromatic carbocycles. The van der Waals surface area contributed by atoms with Crippen molar-refractivity contribution >= 4 is 15.9 Å². The number of aliphatic hydroxyl groups excluding tert-OH is 1. The second kappa shape index (κ2) is 7.21. The number of hydrogen-bond donors (Lipinski definition) is 2. The van der Waals surface area contributed by atoms with Crippen LogP contribution in [0.15, 0.2) is 0 Å². The second-order valence-corrected chi connectivity index (χ2v) is 7.04. The van der Waals surface area contributed by atoms with Crippen molar-refractivity contribution < 1.29 is 18.3 Å². The SMILES string of the molecule is CCC(CCO)NC(=O)C1CCN(S(C)(=O)=O)CC1. The Hall–Kier alpha value is -0.660. The molecule has 0 aliphatic carbocycles. The molecule has 1 aliphatic heterocycles. The van der Waals surface area contributed by atoms with E-state index in [1.807, 2.05) is 6.92 Å². The number of hydrogen-bond acceptors (Lipinski definition) is 4. The molecule has 0 radical (unpaired) electrons. The highest BCUT2D eigenvalue weighted by molar-refractivity contribution is 7.88. The van der Waals surface area contributed by atoms with Crippen LogP contribution in [0.4, 0.5) is 0 Å². The molecule has 0 aromatic rings. The summed E-state index contributed by atoms with van der Waals surface area (Å²) in [4.78, 5) is 12.0. The van der Waals surface area contributed by atoms with Crippen LogP contribution < -0.4 is 5.32 Å². The van der Waals surface area contributed by atoms with Crippen molar-refractivity contribution in [1.82, 2.24) is 9.62 Å². The Morgan fingerprint density at radius 2 is 2.00 bits per heavy atom. The molecule has 0 spiro atoms. The number of nitrogens with zero attached hydrogens (tertiary/aromatic N) is 1. The lowest BCUT2D eigenvalue weighted by Crippen LogP contribution is -2.45. The van der Waals surface area contributed by atoms with Gasteiger partial charge in [-0.25, -0.2) is 12.7 Å². The first-order valence-corrected chi connectivity index (χ1v) is 8.59. The third kappa shape index (κ3) is 5.08. The molecule has 1 unspecified atom stereocenters. The smallest absolute Gasteiger partial charge is 0.223 e. The Labute approximate surface area is 115 Å². The summed E-state index contributed by atoms with van der Waals surface area (Å²) in [5.74, 6) is -0.140. The fourth-order valence-electron chi connectivity index (χ4n) is 2.30. The molecule has 0 bridgehead atoms. The van der Waals surface area contributed by atoms with Gasteiger partial charge in [0, 0.05) is 31.7 Å². The molecule has 1 fully saturated rings. The zero-order chi connectivity index (χ0) is 14.5. The molecule has 1 saturated heterocycles. The summed E-state index contributed by atoms with van der Waals surface area (Å²) in [6, 6.07) is 0.00503. The largest absolute Gasteiger partial charge is 0.396 e. The van der Waals surface area contributed by atoms with Crippen LogP contribution in [0, 0.1) is 5.92 Å². The molecular weight excluding hydrogens is 268 g/mol. The minimum atomic E-state index is -3.14. The van der Waals surface area contributed by atoms with E-state index in [9.17, 15) is 13.2 Å².